The van der Waals surface area contributed by atoms with Gasteiger partial charge in [-0.25, -0.2) is 0 Å². The molecule has 0 bridgehead atoms. The van der Waals surface area contributed by atoms with Gasteiger partial charge in [0.25, 0.3) is 0 Å². The van der Waals surface area contributed by atoms with E-state index in [4.69, 9.17) is 4.99 Å². The number of aliphatic imine (C=N–C) groups is 1. The number of nitrogens with zero attached hydrogens (tertiary/aromatic N) is 1. The smallest absolute Gasteiger partial charge is 0.0688 e. The molecule has 1 nitrogen and oxygen atoms in total. The van der Waals surface area contributed by atoms with E-state index in [0.29, 0.717) is 0 Å². The van der Waals surface area contributed by atoms with Crippen molar-refractivity contribution < 1.29 is 0 Å². The van der Waals surface area contributed by atoms with Crippen LogP contribution in [0.5, 0.6) is 0 Å². The Morgan fingerprint density at radius 1 is 0.923 bits per heavy atom. The highest BCUT2D eigenvalue weighted by atomic mass is 14.7. The van der Waals surface area contributed by atoms with Crippen molar-refractivity contribution in [2.75, 3.05) is 0 Å². The largest absolute Gasteiger partial charge is 0.256 e. The van der Waals surface area contributed by atoms with E-state index in [2.05, 4.69) is 93.7 Å². The summed E-state index contributed by atoms with van der Waals surface area (Å²) in [5.41, 5.74) is 8.65. The number of fused-ring (bicyclic) bond motifs is 1. The Balaban J connectivity index is 1.89. The number of hydrogen-bond acceptors (Lipinski definition) is 1. The molecule has 0 radical (unpaired) electrons. The van der Waals surface area contributed by atoms with Crippen molar-refractivity contribution in [3.63, 3.8) is 0 Å². The van der Waals surface area contributed by atoms with Crippen molar-refractivity contribution in [3.05, 3.63) is 94.6 Å². The van der Waals surface area contributed by atoms with Crippen molar-refractivity contribution in [2.45, 2.75) is 27.2 Å². The molecule has 0 atom stereocenters. The van der Waals surface area contributed by atoms with Crippen LogP contribution in [0.4, 0.5) is 5.69 Å². The molecule has 0 N–H and O–H groups in total. The van der Waals surface area contributed by atoms with Crippen LogP contribution in [0, 0.1) is 20.8 Å². The molecule has 0 heterocycles. The molecule has 0 saturated heterocycles. The number of aryl methyl sites for hydroxylation is 3. The van der Waals surface area contributed by atoms with Gasteiger partial charge in [-0.15, -0.1) is 0 Å². The monoisotopic (exact) mass is 337 g/mol. The van der Waals surface area contributed by atoms with E-state index in [9.17, 15) is 0 Å². The van der Waals surface area contributed by atoms with Crippen LogP contribution < -0.4 is 0 Å². The lowest BCUT2D eigenvalue weighted by molar-refractivity contribution is 1.29. The maximum Gasteiger partial charge on any atom is 0.0688 e. The van der Waals surface area contributed by atoms with Crippen LogP contribution in [0.1, 0.15) is 34.2 Å². The fraction of sp³-hybridized carbons (Fsp3) is 0.160. The molecule has 26 heavy (non-hydrogen) atoms. The second-order valence-corrected chi connectivity index (χ2v) is 7.08. The summed E-state index contributed by atoms with van der Waals surface area (Å²) in [4.78, 5) is 4.93. The summed E-state index contributed by atoms with van der Waals surface area (Å²) in [5.74, 6) is 0. The Kier molecular flexibility index (Phi) is 4.30. The van der Waals surface area contributed by atoms with Crippen LogP contribution in [-0.2, 0) is 0 Å². The molecule has 0 fully saturated rings. The van der Waals surface area contributed by atoms with Crippen LogP contribution in [0.15, 0.2) is 71.8 Å². The second-order valence-electron chi connectivity index (χ2n) is 7.08. The highest BCUT2D eigenvalue weighted by Gasteiger charge is 2.11. The molecule has 1 heteroatoms. The molecule has 1 aliphatic rings. The topological polar surface area (TPSA) is 12.4 Å². The van der Waals surface area contributed by atoms with Crippen molar-refractivity contribution in [1.82, 2.24) is 0 Å². The third-order valence-electron chi connectivity index (χ3n) is 5.05. The summed E-state index contributed by atoms with van der Waals surface area (Å²) in [5, 5.41) is 2.51. The first-order chi connectivity index (χ1) is 12.6. The minimum atomic E-state index is 0.988. The number of hydrogen-bond donors (Lipinski definition) is 0. The minimum Gasteiger partial charge on any atom is -0.256 e. The van der Waals surface area contributed by atoms with Gasteiger partial charge in [0.05, 0.1) is 5.69 Å². The van der Waals surface area contributed by atoms with Crippen molar-refractivity contribution in [2.24, 2.45) is 4.99 Å². The first-order valence-electron chi connectivity index (χ1n) is 9.13. The molecule has 4 rings (SSSR count). The summed E-state index contributed by atoms with van der Waals surface area (Å²) in [6.07, 6.45) is 9.60. The predicted molar refractivity (Wildman–Crippen MR) is 114 cm³/mol. The lowest BCUT2D eigenvalue weighted by Gasteiger charge is -2.12. The fourth-order valence-electron chi connectivity index (χ4n) is 3.87. The van der Waals surface area contributed by atoms with E-state index in [-0.39, 0.29) is 0 Å². The molecule has 0 aromatic heterocycles. The van der Waals surface area contributed by atoms with Gasteiger partial charge in [-0.05, 0) is 60.2 Å². The van der Waals surface area contributed by atoms with E-state index < -0.39 is 0 Å². The van der Waals surface area contributed by atoms with Gasteiger partial charge >= 0.3 is 0 Å². The number of benzene rings is 3. The zero-order chi connectivity index (χ0) is 18.1. The third kappa shape index (κ3) is 3.01. The van der Waals surface area contributed by atoms with E-state index in [1.54, 1.807) is 0 Å². The van der Waals surface area contributed by atoms with E-state index in [1.807, 2.05) is 0 Å². The average Bonchev–Trinajstić information content (AvgIpc) is 3.15. The maximum absolute atomic E-state index is 4.93. The zero-order valence-electron chi connectivity index (χ0n) is 15.6. The van der Waals surface area contributed by atoms with Crippen molar-refractivity contribution in [1.29, 1.82) is 0 Å². The number of allylic oxidation sites excluding steroid dienone is 4. The highest BCUT2D eigenvalue weighted by Crippen LogP contribution is 2.31. The molecule has 0 saturated carbocycles. The Hall–Kier alpha value is -2.93. The lowest BCUT2D eigenvalue weighted by Crippen LogP contribution is -1.94. The molecule has 0 amide bonds. The molecule has 0 aliphatic heterocycles. The third-order valence-corrected chi connectivity index (χ3v) is 5.05. The van der Waals surface area contributed by atoms with Gasteiger partial charge in [0.2, 0.25) is 0 Å². The van der Waals surface area contributed by atoms with Gasteiger partial charge in [0.15, 0.2) is 0 Å². The summed E-state index contributed by atoms with van der Waals surface area (Å²) < 4.78 is 0. The van der Waals surface area contributed by atoms with Crippen LogP contribution in [0.2, 0.25) is 0 Å². The Bertz CT molecular complexity index is 1060. The second kappa shape index (κ2) is 6.76. The summed E-state index contributed by atoms with van der Waals surface area (Å²) in [7, 11) is 0. The summed E-state index contributed by atoms with van der Waals surface area (Å²) in [6, 6.07) is 17.4. The minimum absolute atomic E-state index is 0.988. The first kappa shape index (κ1) is 16.5. The maximum atomic E-state index is 4.93. The van der Waals surface area contributed by atoms with Gasteiger partial charge in [-0.3, -0.25) is 4.99 Å². The molecule has 3 aromatic carbocycles. The SMILES string of the molecule is Cc1cc(C)c(N=Cc2c(C3=CC=CC3)ccc3ccccc23)c(C)c1. The van der Waals surface area contributed by atoms with Crippen LogP contribution in [-0.4, -0.2) is 6.21 Å². The van der Waals surface area contributed by atoms with Gasteiger partial charge in [-0.1, -0.05) is 72.3 Å². The molecular formula is C25H23N. The Morgan fingerprint density at radius 2 is 1.69 bits per heavy atom. The van der Waals surface area contributed by atoms with Crippen molar-refractivity contribution in [3.8, 4) is 0 Å². The van der Waals surface area contributed by atoms with Crippen LogP contribution in [0.25, 0.3) is 16.3 Å². The predicted octanol–water partition coefficient (Wildman–Crippen LogP) is 6.86. The first-order valence-corrected chi connectivity index (χ1v) is 9.13. The van der Waals surface area contributed by atoms with E-state index >= 15 is 0 Å². The molecule has 0 unspecified atom stereocenters. The standard InChI is InChI=1S/C25H23N/c1-17-14-18(2)25(19(3)15-17)26-16-24-22-11-7-6-10-21(22)12-13-23(24)20-8-4-5-9-20/h4-8,10-16H,9H2,1-3H3. The average molecular weight is 337 g/mol. The van der Waals surface area contributed by atoms with Gasteiger partial charge in [-0.2, -0.15) is 0 Å². The zero-order valence-corrected chi connectivity index (χ0v) is 15.6. The van der Waals surface area contributed by atoms with E-state index in [0.717, 1.165) is 12.1 Å². The number of rotatable bonds is 3. The highest BCUT2D eigenvalue weighted by molar-refractivity contribution is 6.05. The normalized spacial score (nSPS) is 13.7. The lowest BCUT2D eigenvalue weighted by atomic mass is 9.94. The molecule has 3 aromatic rings. The quantitative estimate of drug-likeness (QED) is 0.463. The summed E-state index contributed by atoms with van der Waals surface area (Å²) >= 11 is 0. The van der Waals surface area contributed by atoms with Gasteiger partial charge < -0.3 is 0 Å². The Labute approximate surface area is 155 Å². The van der Waals surface area contributed by atoms with E-state index in [1.165, 1.54) is 44.2 Å². The van der Waals surface area contributed by atoms with Gasteiger partial charge in [0.1, 0.15) is 0 Å². The fourth-order valence-corrected chi connectivity index (χ4v) is 3.87. The van der Waals surface area contributed by atoms with Crippen LogP contribution in [0.3, 0.4) is 0 Å². The molecule has 0 spiro atoms. The molecular weight excluding hydrogens is 314 g/mol. The van der Waals surface area contributed by atoms with Gasteiger partial charge in [0, 0.05) is 11.8 Å². The van der Waals surface area contributed by atoms with Crippen molar-refractivity contribution >= 4 is 28.2 Å². The Morgan fingerprint density at radius 3 is 2.42 bits per heavy atom. The summed E-state index contributed by atoms with van der Waals surface area (Å²) in [6.45, 7) is 6.41. The van der Waals surface area contributed by atoms with Crippen LogP contribution >= 0.6 is 0 Å². The molecule has 1 aliphatic carbocycles. The molecule has 128 valence electrons.